The van der Waals surface area contributed by atoms with Crippen molar-refractivity contribution >= 4 is 34.4 Å². The molecule has 0 amide bonds. The summed E-state index contributed by atoms with van der Waals surface area (Å²) in [7, 11) is 1.67. The number of hydrogen-bond donors (Lipinski definition) is 1. The molecule has 148 valence electrons. The van der Waals surface area contributed by atoms with Crippen LogP contribution in [-0.4, -0.2) is 16.5 Å². The summed E-state index contributed by atoms with van der Waals surface area (Å²) in [5.74, 6) is 3.55. The normalized spacial score (nSPS) is 30.5. The van der Waals surface area contributed by atoms with E-state index in [9.17, 15) is 0 Å². The van der Waals surface area contributed by atoms with Crippen molar-refractivity contribution in [2.45, 2.75) is 43.9 Å². The molecule has 3 aromatic rings. The highest BCUT2D eigenvalue weighted by Gasteiger charge is 2.52. The molecule has 2 aromatic heterocycles. The van der Waals surface area contributed by atoms with Gasteiger partial charge in [0.15, 0.2) is 4.96 Å². The van der Waals surface area contributed by atoms with Crippen LogP contribution in [0.5, 0.6) is 5.75 Å². The summed E-state index contributed by atoms with van der Waals surface area (Å²) >= 11 is 1.73. The van der Waals surface area contributed by atoms with Crippen LogP contribution in [0.2, 0.25) is 0 Å². The van der Waals surface area contributed by atoms with Crippen LogP contribution in [0.15, 0.2) is 29.8 Å². The molecule has 4 bridgehead atoms. The van der Waals surface area contributed by atoms with Crippen LogP contribution in [-0.2, 0) is 5.41 Å². The molecule has 4 saturated carbocycles. The highest BCUT2D eigenvalue weighted by atomic mass is 35.5. The van der Waals surface area contributed by atoms with Crippen LogP contribution in [0.25, 0.3) is 16.2 Å². The van der Waals surface area contributed by atoms with Gasteiger partial charge in [-0.2, -0.15) is 0 Å². The van der Waals surface area contributed by atoms with Crippen molar-refractivity contribution < 1.29 is 4.74 Å². The Balaban J connectivity index is 0.00000171. The number of hydrogen-bond acceptors (Lipinski definition) is 4. The van der Waals surface area contributed by atoms with Crippen LogP contribution in [0.4, 0.5) is 5.69 Å². The number of ether oxygens (including phenoxy) is 1. The Morgan fingerprint density at radius 1 is 1.14 bits per heavy atom. The third-order valence-corrected chi connectivity index (χ3v) is 8.16. The van der Waals surface area contributed by atoms with E-state index in [-0.39, 0.29) is 12.4 Å². The first kappa shape index (κ1) is 18.3. The Morgan fingerprint density at radius 2 is 1.82 bits per heavy atom. The Morgan fingerprint density at radius 3 is 2.46 bits per heavy atom. The SMILES string of the molecule is COc1cc(-c2csc3nc(C45CC6CC(CC(C6)C4)C5)cn23)ccc1N.Cl. The zero-order chi connectivity index (χ0) is 18.2. The second-order valence-corrected chi connectivity index (χ2v) is 9.89. The van der Waals surface area contributed by atoms with Gasteiger partial charge in [0.25, 0.3) is 0 Å². The lowest BCUT2D eigenvalue weighted by Crippen LogP contribution is -2.48. The van der Waals surface area contributed by atoms with Gasteiger partial charge in [-0.25, -0.2) is 4.98 Å². The van der Waals surface area contributed by atoms with Crippen LogP contribution < -0.4 is 10.5 Å². The molecule has 4 aliphatic rings. The van der Waals surface area contributed by atoms with Gasteiger partial charge in [-0.1, -0.05) is 6.07 Å². The van der Waals surface area contributed by atoms with E-state index in [0.29, 0.717) is 11.1 Å². The van der Waals surface area contributed by atoms with Gasteiger partial charge in [0.2, 0.25) is 0 Å². The predicted molar refractivity (Wildman–Crippen MR) is 117 cm³/mol. The number of anilines is 1. The van der Waals surface area contributed by atoms with E-state index in [1.54, 1.807) is 18.4 Å². The molecular formula is C22H26ClN3OS. The van der Waals surface area contributed by atoms with Crippen molar-refractivity contribution in [3.63, 3.8) is 0 Å². The molecular weight excluding hydrogens is 390 g/mol. The number of nitrogens with zero attached hydrogens (tertiary/aromatic N) is 2. The number of nitrogen functional groups attached to an aromatic ring is 1. The molecule has 6 heteroatoms. The van der Waals surface area contributed by atoms with Crippen molar-refractivity contribution in [2.75, 3.05) is 12.8 Å². The fourth-order valence-corrected chi connectivity index (χ4v) is 7.42. The smallest absolute Gasteiger partial charge is 0.194 e. The molecule has 1 aromatic carbocycles. The monoisotopic (exact) mass is 415 g/mol. The standard InChI is InChI=1S/C22H25N3OS.ClH/c1-26-19-7-16(2-3-17(19)23)18-12-27-21-24-20(11-25(18)21)22-8-13-4-14(9-22)6-15(5-13)10-22;/h2-3,7,11-15H,4-6,8-10,23H2,1H3;1H. The van der Waals surface area contributed by atoms with E-state index in [1.807, 2.05) is 12.1 Å². The maximum atomic E-state index is 6.00. The molecule has 7 rings (SSSR count). The van der Waals surface area contributed by atoms with Gasteiger partial charge in [0.05, 0.1) is 24.2 Å². The Kier molecular flexibility index (Phi) is 4.18. The van der Waals surface area contributed by atoms with Gasteiger partial charge in [-0.15, -0.1) is 23.7 Å². The Bertz CT molecular complexity index is 1000. The van der Waals surface area contributed by atoms with Crippen molar-refractivity contribution in [1.82, 2.24) is 9.38 Å². The molecule has 4 nitrogen and oxygen atoms in total. The zero-order valence-electron chi connectivity index (χ0n) is 16.1. The number of methoxy groups -OCH3 is 1. The first-order valence-electron chi connectivity index (χ1n) is 10.0. The third-order valence-electron chi connectivity index (χ3n) is 7.32. The van der Waals surface area contributed by atoms with Crippen LogP contribution in [0.3, 0.4) is 0 Å². The summed E-state index contributed by atoms with van der Waals surface area (Å²) < 4.78 is 7.70. The quantitative estimate of drug-likeness (QED) is 0.571. The molecule has 4 aliphatic carbocycles. The molecule has 0 aliphatic heterocycles. The fourth-order valence-electron chi connectivity index (χ4n) is 6.54. The first-order valence-corrected chi connectivity index (χ1v) is 10.9. The molecule has 0 unspecified atom stereocenters. The van der Waals surface area contributed by atoms with Crippen LogP contribution in [0, 0.1) is 17.8 Å². The third kappa shape index (κ3) is 2.59. The van der Waals surface area contributed by atoms with Crippen molar-refractivity contribution in [1.29, 1.82) is 0 Å². The Labute approximate surface area is 175 Å². The number of aromatic nitrogens is 2. The lowest BCUT2D eigenvalue weighted by atomic mass is 9.49. The predicted octanol–water partition coefficient (Wildman–Crippen LogP) is 5.54. The molecule has 0 radical (unpaired) electrons. The second kappa shape index (κ2) is 6.39. The van der Waals surface area contributed by atoms with Gasteiger partial charge in [0, 0.05) is 22.6 Å². The number of imidazole rings is 1. The minimum Gasteiger partial charge on any atom is -0.495 e. The largest absolute Gasteiger partial charge is 0.495 e. The lowest BCUT2D eigenvalue weighted by Gasteiger charge is -2.56. The molecule has 0 atom stereocenters. The maximum Gasteiger partial charge on any atom is 0.194 e. The molecule has 4 fully saturated rings. The maximum absolute atomic E-state index is 6.00. The average molecular weight is 416 g/mol. The number of thiazole rings is 1. The molecule has 2 N–H and O–H groups in total. The molecule has 0 saturated heterocycles. The summed E-state index contributed by atoms with van der Waals surface area (Å²) in [5, 5.41) is 2.19. The van der Waals surface area contributed by atoms with E-state index in [2.05, 4.69) is 22.0 Å². The van der Waals surface area contributed by atoms with Crippen LogP contribution in [0.1, 0.15) is 44.2 Å². The van der Waals surface area contributed by atoms with E-state index in [1.165, 1.54) is 49.9 Å². The minimum absolute atomic E-state index is 0. The van der Waals surface area contributed by atoms with E-state index in [0.717, 1.165) is 34.0 Å². The topological polar surface area (TPSA) is 52.5 Å². The summed E-state index contributed by atoms with van der Waals surface area (Å²) in [6, 6.07) is 6.03. The van der Waals surface area contributed by atoms with Gasteiger partial charge in [-0.05, 0) is 68.4 Å². The van der Waals surface area contributed by atoms with Crippen molar-refractivity contribution in [2.24, 2.45) is 17.8 Å². The summed E-state index contributed by atoms with van der Waals surface area (Å²) in [5.41, 5.74) is 10.7. The number of benzene rings is 1. The van der Waals surface area contributed by atoms with E-state index in [4.69, 9.17) is 15.5 Å². The summed E-state index contributed by atoms with van der Waals surface area (Å²) in [6.07, 6.45) is 10.8. The molecule has 28 heavy (non-hydrogen) atoms. The second-order valence-electron chi connectivity index (χ2n) is 9.05. The van der Waals surface area contributed by atoms with Gasteiger partial charge >= 0.3 is 0 Å². The van der Waals surface area contributed by atoms with Crippen molar-refractivity contribution in [3.8, 4) is 17.0 Å². The highest BCUT2D eigenvalue weighted by molar-refractivity contribution is 7.15. The molecule has 2 heterocycles. The number of fused-ring (bicyclic) bond motifs is 1. The summed E-state index contributed by atoms with van der Waals surface area (Å²) in [6.45, 7) is 0. The number of halogens is 1. The van der Waals surface area contributed by atoms with Gasteiger partial charge in [-0.3, -0.25) is 4.40 Å². The van der Waals surface area contributed by atoms with Crippen molar-refractivity contribution in [3.05, 3.63) is 35.5 Å². The Hall–Kier alpha value is -1.72. The number of nitrogens with two attached hydrogens (primary N) is 1. The zero-order valence-corrected chi connectivity index (χ0v) is 17.7. The lowest BCUT2D eigenvalue weighted by molar-refractivity contribution is -0.00696. The van der Waals surface area contributed by atoms with Crippen LogP contribution >= 0.6 is 23.7 Å². The van der Waals surface area contributed by atoms with Gasteiger partial charge < -0.3 is 10.5 Å². The first-order chi connectivity index (χ1) is 13.1. The van der Waals surface area contributed by atoms with Gasteiger partial charge in [0.1, 0.15) is 5.75 Å². The average Bonchev–Trinajstić information content (AvgIpc) is 3.22. The summed E-state index contributed by atoms with van der Waals surface area (Å²) in [4.78, 5) is 6.24. The minimum atomic E-state index is 0. The highest BCUT2D eigenvalue weighted by Crippen LogP contribution is 2.60. The van der Waals surface area contributed by atoms with E-state index < -0.39 is 0 Å². The molecule has 0 spiro atoms. The fraction of sp³-hybridized carbons (Fsp3) is 0.500. The van der Waals surface area contributed by atoms with E-state index >= 15 is 0 Å². The number of rotatable bonds is 3.